The summed E-state index contributed by atoms with van der Waals surface area (Å²) in [4.78, 5) is 28.8. The van der Waals surface area contributed by atoms with Gasteiger partial charge in [-0.05, 0) is 29.9 Å². The first-order chi connectivity index (χ1) is 17.6. The largest absolute Gasteiger partial charge is 0.495 e. The zero-order valence-electron chi connectivity index (χ0n) is 22.2. The number of likely N-dealkylation sites (tertiary alicyclic amines) is 1. The van der Waals surface area contributed by atoms with Crippen LogP contribution in [0.25, 0.3) is 0 Å². The van der Waals surface area contributed by atoms with Gasteiger partial charge in [0.15, 0.2) is 0 Å². The predicted octanol–water partition coefficient (Wildman–Crippen LogP) is 6.09. The molecule has 0 spiro atoms. The van der Waals surface area contributed by atoms with E-state index in [1.807, 2.05) is 42.5 Å². The smallest absolute Gasteiger partial charge is 0.326 e. The van der Waals surface area contributed by atoms with Crippen molar-refractivity contribution < 1.29 is 19.4 Å². The number of carboxylic acids is 1. The number of hydrogen-bond donors (Lipinski definition) is 2. The second-order valence-corrected chi connectivity index (χ2v) is 11.9. The highest BCUT2D eigenvalue weighted by molar-refractivity contribution is 6.32. The monoisotopic (exact) mass is 526 g/mol. The maximum absolute atomic E-state index is 14.1. The zero-order valence-corrected chi connectivity index (χ0v) is 23.0. The molecule has 0 aromatic heterocycles. The Morgan fingerprint density at radius 3 is 2.32 bits per heavy atom. The summed E-state index contributed by atoms with van der Waals surface area (Å²) in [5.41, 5.74) is 1.45. The molecule has 7 heteroatoms. The normalized spacial score (nSPS) is 24.7. The zero-order chi connectivity index (χ0) is 26.7. The lowest BCUT2D eigenvalue weighted by atomic mass is 9.72. The van der Waals surface area contributed by atoms with Gasteiger partial charge in [0.25, 0.3) is 0 Å². The van der Waals surface area contributed by atoms with Crippen LogP contribution >= 0.6 is 11.6 Å². The van der Waals surface area contributed by atoms with E-state index in [1.165, 1.54) is 0 Å². The molecule has 2 aliphatic rings. The first-order valence-electron chi connectivity index (χ1n) is 13.3. The molecule has 6 nitrogen and oxygen atoms in total. The van der Waals surface area contributed by atoms with Gasteiger partial charge in [-0.25, -0.2) is 4.79 Å². The number of methoxy groups -OCH3 is 1. The molecule has 1 amide bonds. The van der Waals surface area contributed by atoms with E-state index in [9.17, 15) is 14.7 Å². The van der Waals surface area contributed by atoms with Crippen molar-refractivity contribution in [3.63, 3.8) is 0 Å². The minimum atomic E-state index is -0.949. The molecule has 2 N–H and O–H groups in total. The third kappa shape index (κ3) is 5.65. The van der Waals surface area contributed by atoms with Crippen LogP contribution in [-0.4, -0.2) is 41.1 Å². The van der Waals surface area contributed by atoms with Crippen molar-refractivity contribution in [3.8, 4) is 5.75 Å². The van der Waals surface area contributed by atoms with E-state index < -0.39 is 18.1 Å². The first-order valence-corrected chi connectivity index (χ1v) is 13.7. The van der Waals surface area contributed by atoms with Gasteiger partial charge in [-0.2, -0.15) is 0 Å². The van der Waals surface area contributed by atoms with Crippen LogP contribution in [-0.2, 0) is 16.1 Å². The summed E-state index contributed by atoms with van der Waals surface area (Å²) < 4.78 is 5.56. The molecule has 4 unspecified atom stereocenters. The Hall–Kier alpha value is -2.57. The van der Waals surface area contributed by atoms with Crippen molar-refractivity contribution >= 4 is 23.5 Å². The number of hydrogen-bond acceptors (Lipinski definition) is 4. The summed E-state index contributed by atoms with van der Waals surface area (Å²) in [5.74, 6) is -0.834. The molecule has 0 bridgehead atoms. The lowest BCUT2D eigenvalue weighted by Gasteiger charge is -2.36. The van der Waals surface area contributed by atoms with Gasteiger partial charge in [0.05, 0.1) is 18.2 Å². The summed E-state index contributed by atoms with van der Waals surface area (Å²) in [5, 5.41) is 14.8. The second-order valence-electron chi connectivity index (χ2n) is 11.4. The van der Waals surface area contributed by atoms with Crippen LogP contribution < -0.4 is 10.1 Å². The van der Waals surface area contributed by atoms with Crippen LogP contribution in [0.5, 0.6) is 5.75 Å². The molecule has 200 valence electrons. The summed E-state index contributed by atoms with van der Waals surface area (Å²) in [7, 11) is 1.59. The van der Waals surface area contributed by atoms with E-state index >= 15 is 0 Å². The number of nitrogens with one attached hydrogen (secondary N) is 1. The Bertz CT molecular complexity index is 1090. The van der Waals surface area contributed by atoms with E-state index in [0.29, 0.717) is 17.3 Å². The lowest BCUT2D eigenvalue weighted by Crippen LogP contribution is -2.49. The number of ether oxygens (including phenoxy) is 1. The number of halogens is 1. The molecule has 2 aromatic rings. The first kappa shape index (κ1) is 27.5. The number of carbonyl (C=O) groups excluding carboxylic acids is 1. The van der Waals surface area contributed by atoms with Gasteiger partial charge >= 0.3 is 5.97 Å². The summed E-state index contributed by atoms with van der Waals surface area (Å²) in [6.07, 6.45) is 4.79. The average Bonchev–Trinajstić information content (AvgIpc) is 3.24. The molecular formula is C30H39ClN2O4. The highest BCUT2D eigenvalue weighted by Gasteiger charge is 2.58. The third-order valence-corrected chi connectivity index (χ3v) is 8.35. The molecule has 0 radical (unpaired) electrons. The van der Waals surface area contributed by atoms with Gasteiger partial charge in [0, 0.05) is 30.0 Å². The number of nitrogens with zero attached hydrogens (tertiary/aromatic N) is 1. The average molecular weight is 527 g/mol. The summed E-state index contributed by atoms with van der Waals surface area (Å²) in [6, 6.07) is 13.8. The number of para-hydroxylation sites is 1. The van der Waals surface area contributed by atoms with Crippen LogP contribution in [0.4, 0.5) is 0 Å². The highest BCUT2D eigenvalue weighted by Crippen LogP contribution is 2.49. The molecular weight excluding hydrogens is 488 g/mol. The molecule has 4 rings (SSSR count). The van der Waals surface area contributed by atoms with Crippen molar-refractivity contribution in [1.29, 1.82) is 0 Å². The van der Waals surface area contributed by atoms with Crippen LogP contribution in [0.2, 0.25) is 5.02 Å². The quantitative estimate of drug-likeness (QED) is 0.456. The Balaban J connectivity index is 1.80. The Kier molecular flexibility index (Phi) is 8.49. The van der Waals surface area contributed by atoms with Crippen molar-refractivity contribution in [3.05, 3.63) is 64.7 Å². The SMILES string of the molecule is COc1c(Cl)cccc1CNC1C(c2ccccc2)N(C(=O)C2CCCCC2)C(C(=O)O)C1C(C)(C)C. The maximum Gasteiger partial charge on any atom is 0.326 e. The van der Waals surface area contributed by atoms with E-state index in [1.54, 1.807) is 18.1 Å². The van der Waals surface area contributed by atoms with Gasteiger partial charge in [0.1, 0.15) is 11.8 Å². The minimum absolute atomic E-state index is 0.0279. The third-order valence-electron chi connectivity index (χ3n) is 8.05. The van der Waals surface area contributed by atoms with Crippen molar-refractivity contribution in [1.82, 2.24) is 10.2 Å². The molecule has 2 aromatic carbocycles. The molecule has 1 saturated carbocycles. The number of rotatable bonds is 7. The Labute approximate surface area is 225 Å². The molecule has 1 saturated heterocycles. The van der Waals surface area contributed by atoms with Crippen molar-refractivity contribution in [2.75, 3.05) is 7.11 Å². The van der Waals surface area contributed by atoms with Crippen LogP contribution in [0, 0.1) is 17.3 Å². The highest BCUT2D eigenvalue weighted by atomic mass is 35.5. The predicted molar refractivity (Wildman–Crippen MR) is 146 cm³/mol. The maximum atomic E-state index is 14.1. The van der Waals surface area contributed by atoms with Crippen LogP contribution in [0.15, 0.2) is 48.5 Å². The fourth-order valence-electron chi connectivity index (χ4n) is 6.44. The summed E-state index contributed by atoms with van der Waals surface area (Å²) in [6.45, 7) is 6.64. The number of benzene rings is 2. The molecule has 1 aliphatic heterocycles. The van der Waals surface area contributed by atoms with Gasteiger partial charge in [-0.3, -0.25) is 4.79 Å². The van der Waals surface area contributed by atoms with E-state index in [-0.39, 0.29) is 29.2 Å². The number of carboxylic acid groups (broad SMARTS) is 1. The van der Waals surface area contributed by atoms with E-state index in [2.05, 4.69) is 26.1 Å². The topological polar surface area (TPSA) is 78.9 Å². The molecule has 1 aliphatic carbocycles. The fraction of sp³-hybridized carbons (Fsp3) is 0.533. The van der Waals surface area contributed by atoms with E-state index in [0.717, 1.165) is 43.2 Å². The number of carbonyl (C=O) groups is 2. The number of aliphatic carboxylic acids is 1. The Morgan fingerprint density at radius 2 is 1.73 bits per heavy atom. The molecule has 37 heavy (non-hydrogen) atoms. The Morgan fingerprint density at radius 1 is 1.05 bits per heavy atom. The van der Waals surface area contributed by atoms with Crippen LogP contribution in [0.1, 0.15) is 70.0 Å². The fourth-order valence-corrected chi connectivity index (χ4v) is 6.71. The summed E-state index contributed by atoms with van der Waals surface area (Å²) >= 11 is 6.38. The van der Waals surface area contributed by atoms with Gasteiger partial charge in [-0.1, -0.05) is 94.1 Å². The molecule has 2 fully saturated rings. The van der Waals surface area contributed by atoms with Gasteiger partial charge < -0.3 is 20.1 Å². The van der Waals surface area contributed by atoms with E-state index in [4.69, 9.17) is 16.3 Å². The van der Waals surface area contributed by atoms with Crippen LogP contribution in [0.3, 0.4) is 0 Å². The minimum Gasteiger partial charge on any atom is -0.495 e. The van der Waals surface area contributed by atoms with Gasteiger partial charge in [0.2, 0.25) is 5.91 Å². The molecule has 4 atom stereocenters. The lowest BCUT2D eigenvalue weighted by molar-refractivity contribution is -0.154. The van der Waals surface area contributed by atoms with Gasteiger partial charge in [-0.15, -0.1) is 0 Å². The second kappa shape index (κ2) is 11.4. The van der Waals surface area contributed by atoms with Crippen molar-refractivity contribution in [2.45, 2.75) is 77.5 Å². The van der Waals surface area contributed by atoms with Crippen molar-refractivity contribution in [2.24, 2.45) is 17.3 Å². The standard InChI is InChI=1S/C30H39ClN2O4/c1-30(2,3)23-24(32-18-21-16-11-17-22(31)27(21)37-4)25(19-12-7-5-8-13-19)33(26(23)29(35)36)28(34)20-14-9-6-10-15-20/h5,7-8,11-13,16-17,20,23-26,32H,6,9-10,14-15,18H2,1-4H3,(H,35,36). The molecule has 1 heterocycles. The number of amides is 1.